The van der Waals surface area contributed by atoms with Gasteiger partial charge in [0.15, 0.2) is 17.3 Å². The minimum absolute atomic E-state index is 0.234. The molecule has 2 aromatic rings. The molecule has 28 heavy (non-hydrogen) atoms. The molecule has 1 N–H and O–H groups in total. The van der Waals surface area contributed by atoms with Gasteiger partial charge in [-0.05, 0) is 25.0 Å². The molecular formula is C20H24ClN3O4. The van der Waals surface area contributed by atoms with Crippen LogP contribution in [-0.4, -0.2) is 29.3 Å². The zero-order chi connectivity index (χ0) is 19.6. The van der Waals surface area contributed by atoms with Crippen LogP contribution in [0.25, 0.3) is 0 Å². The Bertz CT molecular complexity index is 859. The highest BCUT2D eigenvalue weighted by molar-refractivity contribution is 6.32. The molecule has 0 spiro atoms. The number of nitrogens with one attached hydrogen (secondary N) is 1. The molecule has 2 aliphatic rings. The lowest BCUT2D eigenvalue weighted by Gasteiger charge is -2.31. The number of rotatable bonds is 3. The van der Waals surface area contributed by atoms with Gasteiger partial charge in [0, 0.05) is 18.9 Å². The lowest BCUT2D eigenvalue weighted by Crippen LogP contribution is -2.46. The van der Waals surface area contributed by atoms with Gasteiger partial charge in [-0.1, -0.05) is 42.4 Å². The molecule has 150 valence electrons. The predicted octanol–water partition coefficient (Wildman–Crippen LogP) is 4.17. The van der Waals surface area contributed by atoms with Gasteiger partial charge in [-0.15, -0.1) is 0 Å². The lowest BCUT2D eigenvalue weighted by molar-refractivity contribution is 0.0876. The summed E-state index contributed by atoms with van der Waals surface area (Å²) in [6.45, 7) is 2.82. The fourth-order valence-corrected chi connectivity index (χ4v) is 4.15. The molecule has 1 amide bonds. The topological polar surface area (TPSA) is 86.5 Å². The van der Waals surface area contributed by atoms with Gasteiger partial charge in [0.25, 0.3) is 5.91 Å². The number of nitrogens with zero attached hydrogens (tertiary/aromatic N) is 2. The van der Waals surface area contributed by atoms with Gasteiger partial charge >= 0.3 is 0 Å². The Morgan fingerprint density at radius 1 is 1.11 bits per heavy atom. The van der Waals surface area contributed by atoms with E-state index in [4.69, 9.17) is 25.6 Å². The highest BCUT2D eigenvalue weighted by Gasteiger charge is 2.39. The molecule has 1 aromatic heterocycles. The SMILES string of the molecule is Cc1nc(C2(NC(=O)c3cc(Cl)c4c(c3)OCCCO4)CCCCCC2)no1. The smallest absolute Gasteiger partial charge is 0.252 e. The van der Waals surface area contributed by atoms with Gasteiger partial charge in [0.1, 0.15) is 5.54 Å². The largest absolute Gasteiger partial charge is 0.489 e. The summed E-state index contributed by atoms with van der Waals surface area (Å²) in [5.41, 5.74) is -0.208. The van der Waals surface area contributed by atoms with E-state index >= 15 is 0 Å². The standard InChI is InChI=1S/C20H24ClN3O4/c1-13-22-19(24-28-13)20(7-4-2-3-5-8-20)23-18(25)14-11-15(21)17-16(12-14)26-9-6-10-27-17/h11-12H,2-10H2,1H3,(H,23,25). The maximum absolute atomic E-state index is 13.2. The Labute approximate surface area is 168 Å². The van der Waals surface area contributed by atoms with Crippen molar-refractivity contribution < 1.29 is 18.8 Å². The van der Waals surface area contributed by atoms with Crippen LogP contribution < -0.4 is 14.8 Å². The molecule has 0 unspecified atom stereocenters. The van der Waals surface area contributed by atoms with Crippen molar-refractivity contribution in [1.82, 2.24) is 15.5 Å². The first-order valence-electron chi connectivity index (χ1n) is 9.80. The zero-order valence-electron chi connectivity index (χ0n) is 15.9. The number of benzene rings is 1. The Kier molecular flexibility index (Phi) is 5.44. The van der Waals surface area contributed by atoms with Crippen molar-refractivity contribution in [2.75, 3.05) is 13.2 Å². The molecule has 0 bridgehead atoms. The first-order chi connectivity index (χ1) is 13.6. The third-order valence-corrected chi connectivity index (χ3v) is 5.61. The Hall–Kier alpha value is -2.28. The van der Waals surface area contributed by atoms with Crippen LogP contribution in [-0.2, 0) is 5.54 Å². The van der Waals surface area contributed by atoms with Crippen molar-refractivity contribution >= 4 is 17.5 Å². The molecule has 2 heterocycles. The van der Waals surface area contributed by atoms with E-state index in [0.717, 1.165) is 44.9 Å². The van der Waals surface area contributed by atoms with E-state index in [1.165, 1.54) is 0 Å². The molecule has 0 saturated heterocycles. The van der Waals surface area contributed by atoms with Crippen molar-refractivity contribution in [3.05, 3.63) is 34.4 Å². The summed E-state index contributed by atoms with van der Waals surface area (Å²) in [5.74, 6) is 1.79. The van der Waals surface area contributed by atoms with Crippen LogP contribution in [0.15, 0.2) is 16.7 Å². The highest BCUT2D eigenvalue weighted by atomic mass is 35.5. The number of hydrogen-bond donors (Lipinski definition) is 1. The van der Waals surface area contributed by atoms with Crippen LogP contribution in [0.1, 0.15) is 67.0 Å². The molecule has 4 rings (SSSR count). The van der Waals surface area contributed by atoms with Gasteiger partial charge in [0.2, 0.25) is 5.89 Å². The molecule has 1 saturated carbocycles. The number of carbonyl (C=O) groups is 1. The quantitative estimate of drug-likeness (QED) is 0.771. The molecule has 8 heteroatoms. The summed E-state index contributed by atoms with van der Waals surface area (Å²) in [7, 11) is 0. The van der Waals surface area contributed by atoms with E-state index in [1.54, 1.807) is 19.1 Å². The maximum atomic E-state index is 13.2. The number of hydrogen-bond acceptors (Lipinski definition) is 6. The number of fused-ring (bicyclic) bond motifs is 1. The average molecular weight is 406 g/mol. The number of amides is 1. The van der Waals surface area contributed by atoms with E-state index in [2.05, 4.69) is 15.5 Å². The Morgan fingerprint density at radius 3 is 2.57 bits per heavy atom. The minimum Gasteiger partial charge on any atom is -0.489 e. The van der Waals surface area contributed by atoms with Gasteiger partial charge < -0.3 is 19.3 Å². The number of aryl methyl sites for hydroxylation is 1. The van der Waals surface area contributed by atoms with E-state index in [1.807, 2.05) is 0 Å². The first-order valence-corrected chi connectivity index (χ1v) is 10.2. The first kappa shape index (κ1) is 19.1. The second kappa shape index (κ2) is 7.99. The van der Waals surface area contributed by atoms with Gasteiger partial charge in [-0.2, -0.15) is 4.98 Å². The number of aromatic nitrogens is 2. The Morgan fingerprint density at radius 2 is 1.86 bits per heavy atom. The molecular weight excluding hydrogens is 382 g/mol. The number of ether oxygens (including phenoxy) is 2. The lowest BCUT2D eigenvalue weighted by atomic mass is 9.88. The van der Waals surface area contributed by atoms with Crippen LogP contribution in [0.5, 0.6) is 11.5 Å². The number of carbonyl (C=O) groups excluding carboxylic acids is 1. The molecule has 0 radical (unpaired) electrons. The van der Waals surface area contributed by atoms with E-state index in [0.29, 0.717) is 47.0 Å². The van der Waals surface area contributed by atoms with E-state index in [-0.39, 0.29) is 5.91 Å². The third kappa shape index (κ3) is 3.81. The van der Waals surface area contributed by atoms with Gasteiger partial charge in [0.05, 0.1) is 18.2 Å². The Balaban J connectivity index is 1.65. The summed E-state index contributed by atoms with van der Waals surface area (Å²) in [6.07, 6.45) is 6.57. The van der Waals surface area contributed by atoms with Crippen molar-refractivity contribution in [2.24, 2.45) is 0 Å². The third-order valence-electron chi connectivity index (χ3n) is 5.33. The molecule has 1 aliphatic heterocycles. The second-order valence-electron chi connectivity index (χ2n) is 7.42. The van der Waals surface area contributed by atoms with Crippen molar-refractivity contribution in [1.29, 1.82) is 0 Å². The highest BCUT2D eigenvalue weighted by Crippen LogP contribution is 2.39. The molecule has 1 aromatic carbocycles. The molecule has 7 nitrogen and oxygen atoms in total. The zero-order valence-corrected chi connectivity index (χ0v) is 16.7. The summed E-state index contributed by atoms with van der Waals surface area (Å²) in [4.78, 5) is 17.6. The van der Waals surface area contributed by atoms with E-state index < -0.39 is 5.54 Å². The second-order valence-corrected chi connectivity index (χ2v) is 7.83. The van der Waals surface area contributed by atoms with Crippen LogP contribution in [0.3, 0.4) is 0 Å². The maximum Gasteiger partial charge on any atom is 0.252 e. The summed E-state index contributed by atoms with van der Waals surface area (Å²) < 4.78 is 16.6. The van der Waals surface area contributed by atoms with Crippen molar-refractivity contribution in [2.45, 2.75) is 57.4 Å². The van der Waals surface area contributed by atoms with Gasteiger partial charge in [-0.3, -0.25) is 4.79 Å². The van der Waals surface area contributed by atoms with Crippen LogP contribution in [0.2, 0.25) is 5.02 Å². The summed E-state index contributed by atoms with van der Waals surface area (Å²) >= 11 is 6.36. The number of halogens is 1. The normalized spacial score (nSPS) is 18.8. The van der Waals surface area contributed by atoms with Crippen molar-refractivity contribution in [3.63, 3.8) is 0 Å². The van der Waals surface area contributed by atoms with E-state index in [9.17, 15) is 4.79 Å². The summed E-state index contributed by atoms with van der Waals surface area (Å²) in [6, 6.07) is 3.31. The van der Waals surface area contributed by atoms with Crippen LogP contribution in [0, 0.1) is 6.92 Å². The predicted molar refractivity (Wildman–Crippen MR) is 103 cm³/mol. The fourth-order valence-electron chi connectivity index (χ4n) is 3.88. The monoisotopic (exact) mass is 405 g/mol. The summed E-state index contributed by atoms with van der Waals surface area (Å²) in [5, 5.41) is 7.69. The van der Waals surface area contributed by atoms with Crippen LogP contribution >= 0.6 is 11.6 Å². The van der Waals surface area contributed by atoms with Gasteiger partial charge in [-0.25, -0.2) is 0 Å². The average Bonchev–Trinajstić information content (AvgIpc) is 2.88. The minimum atomic E-state index is -0.637. The fraction of sp³-hybridized carbons (Fsp3) is 0.550. The van der Waals surface area contributed by atoms with Crippen LogP contribution in [0.4, 0.5) is 0 Å². The molecule has 1 aliphatic carbocycles. The molecule has 0 atom stereocenters. The molecule has 1 fully saturated rings. The van der Waals surface area contributed by atoms with Crippen molar-refractivity contribution in [3.8, 4) is 11.5 Å².